The first-order valence-corrected chi connectivity index (χ1v) is 11.5. The van der Waals surface area contributed by atoms with Gasteiger partial charge < -0.3 is 24.6 Å². The van der Waals surface area contributed by atoms with E-state index in [1.54, 1.807) is 18.2 Å². The van der Waals surface area contributed by atoms with Crippen molar-refractivity contribution in [2.24, 2.45) is 0 Å². The molecule has 3 aromatic rings. The van der Waals surface area contributed by atoms with E-state index in [0.717, 1.165) is 21.9 Å². The van der Waals surface area contributed by atoms with Gasteiger partial charge in [0, 0.05) is 24.1 Å². The first kappa shape index (κ1) is 24.2. The molecule has 1 heterocycles. The number of carbonyl (C=O) groups is 2. The maximum Gasteiger partial charge on any atom is 0.257 e. The van der Waals surface area contributed by atoms with Crippen LogP contribution < -0.4 is 20.1 Å². The molecule has 174 valence electrons. The van der Waals surface area contributed by atoms with Gasteiger partial charge in [-0.2, -0.15) is 0 Å². The maximum absolute atomic E-state index is 12.9. The van der Waals surface area contributed by atoms with Crippen molar-refractivity contribution in [3.05, 3.63) is 71.1 Å². The van der Waals surface area contributed by atoms with E-state index in [1.165, 1.54) is 18.9 Å². The monoisotopic (exact) mass is 469 g/mol. The molecule has 1 aromatic heterocycles. The quantitative estimate of drug-likeness (QED) is 0.413. The lowest BCUT2D eigenvalue weighted by Gasteiger charge is -2.13. The molecular formula is C24H27N3O5S. The largest absolute Gasteiger partial charge is 0.493 e. The van der Waals surface area contributed by atoms with Gasteiger partial charge in [0.25, 0.3) is 11.8 Å². The molecular weight excluding hydrogens is 442 g/mol. The number of methoxy groups -OCH3 is 1. The number of amides is 2. The molecule has 33 heavy (non-hydrogen) atoms. The number of aromatic nitrogens is 1. The molecule has 0 bridgehead atoms. The number of likely N-dealkylation sites (N-methyl/N-ethyl adjacent to an activating group) is 1. The molecule has 0 fully saturated rings. The Morgan fingerprint density at radius 1 is 1.09 bits per heavy atom. The average Bonchev–Trinajstić information content (AvgIpc) is 3.25. The Hall–Kier alpha value is -3.46. The van der Waals surface area contributed by atoms with Crippen LogP contribution in [0, 0.1) is 6.92 Å². The zero-order chi connectivity index (χ0) is 23.6. The third-order valence-electron chi connectivity index (χ3n) is 4.59. The Kier molecular flexibility index (Phi) is 8.77. The van der Waals surface area contributed by atoms with Crippen LogP contribution in [0.1, 0.15) is 34.3 Å². The molecule has 0 radical (unpaired) electrons. The first-order valence-electron chi connectivity index (χ1n) is 10.5. The van der Waals surface area contributed by atoms with E-state index < -0.39 is 0 Å². The minimum Gasteiger partial charge on any atom is -0.493 e. The summed E-state index contributed by atoms with van der Waals surface area (Å²) in [5, 5.41) is 9.51. The lowest BCUT2D eigenvalue weighted by atomic mass is 10.1. The number of hydrogen-bond acceptors (Lipinski definition) is 7. The fourth-order valence-electron chi connectivity index (χ4n) is 3.02. The summed E-state index contributed by atoms with van der Waals surface area (Å²) in [5.74, 6) is 1.91. The van der Waals surface area contributed by atoms with Gasteiger partial charge in [0.2, 0.25) is 0 Å². The van der Waals surface area contributed by atoms with Crippen molar-refractivity contribution in [2.45, 2.75) is 31.0 Å². The van der Waals surface area contributed by atoms with Gasteiger partial charge in [-0.05, 0) is 43.7 Å². The summed E-state index contributed by atoms with van der Waals surface area (Å²) in [4.78, 5) is 25.3. The van der Waals surface area contributed by atoms with Crippen molar-refractivity contribution >= 4 is 23.6 Å². The molecule has 0 saturated carbocycles. The predicted octanol–water partition coefficient (Wildman–Crippen LogP) is 3.73. The molecule has 9 heteroatoms. The second-order valence-corrected chi connectivity index (χ2v) is 8.15. The molecule has 0 aliphatic rings. The fraction of sp³-hybridized carbons (Fsp3) is 0.292. The number of hydrogen-bond donors (Lipinski definition) is 2. The van der Waals surface area contributed by atoms with Gasteiger partial charge in [-0.3, -0.25) is 9.59 Å². The number of thioether (sulfide) groups is 1. The smallest absolute Gasteiger partial charge is 0.257 e. The van der Waals surface area contributed by atoms with Crippen LogP contribution >= 0.6 is 11.8 Å². The maximum atomic E-state index is 12.9. The number of ether oxygens (including phenoxy) is 2. The van der Waals surface area contributed by atoms with Gasteiger partial charge in [0.1, 0.15) is 5.76 Å². The molecule has 0 aliphatic heterocycles. The summed E-state index contributed by atoms with van der Waals surface area (Å²) in [6, 6.07) is 14.6. The number of rotatable bonds is 11. The Balaban J connectivity index is 1.60. The highest BCUT2D eigenvalue weighted by molar-refractivity contribution is 7.98. The fourth-order valence-corrected chi connectivity index (χ4v) is 3.95. The SMILES string of the molecule is CCNC(=O)COc1ccc(CNC(=O)c2ccccc2SCc2cc(C)no2)cc1OC. The van der Waals surface area contributed by atoms with Crippen LogP contribution in [-0.4, -0.2) is 37.2 Å². The minimum atomic E-state index is -0.203. The van der Waals surface area contributed by atoms with Crippen molar-refractivity contribution in [3.8, 4) is 11.5 Å². The number of aryl methyl sites for hydroxylation is 1. The van der Waals surface area contributed by atoms with Crippen LogP contribution in [0.3, 0.4) is 0 Å². The molecule has 2 N–H and O–H groups in total. The van der Waals surface area contributed by atoms with E-state index in [9.17, 15) is 9.59 Å². The van der Waals surface area contributed by atoms with Crippen LogP contribution in [-0.2, 0) is 17.1 Å². The minimum absolute atomic E-state index is 0.0949. The van der Waals surface area contributed by atoms with E-state index in [1.807, 2.05) is 44.2 Å². The van der Waals surface area contributed by atoms with Crippen LogP contribution in [0.25, 0.3) is 0 Å². The van der Waals surface area contributed by atoms with E-state index in [4.69, 9.17) is 14.0 Å². The van der Waals surface area contributed by atoms with Crippen LogP contribution in [0.4, 0.5) is 0 Å². The number of benzene rings is 2. The Labute approximate surface area is 197 Å². The van der Waals surface area contributed by atoms with Crippen molar-refractivity contribution in [1.82, 2.24) is 15.8 Å². The normalized spacial score (nSPS) is 10.5. The second-order valence-electron chi connectivity index (χ2n) is 7.13. The van der Waals surface area contributed by atoms with Gasteiger partial charge in [-0.1, -0.05) is 23.4 Å². The van der Waals surface area contributed by atoms with Crippen LogP contribution in [0.5, 0.6) is 11.5 Å². The summed E-state index contributed by atoms with van der Waals surface area (Å²) < 4.78 is 16.2. The number of carbonyl (C=O) groups excluding carboxylic acids is 2. The Morgan fingerprint density at radius 3 is 2.64 bits per heavy atom. The van der Waals surface area contributed by atoms with Gasteiger partial charge in [0.15, 0.2) is 18.1 Å². The van der Waals surface area contributed by atoms with Gasteiger partial charge in [-0.15, -0.1) is 11.8 Å². The predicted molar refractivity (Wildman–Crippen MR) is 126 cm³/mol. The topological polar surface area (TPSA) is 103 Å². The van der Waals surface area contributed by atoms with Gasteiger partial charge >= 0.3 is 0 Å². The van der Waals surface area contributed by atoms with E-state index in [-0.39, 0.29) is 18.4 Å². The highest BCUT2D eigenvalue weighted by Crippen LogP contribution is 2.29. The van der Waals surface area contributed by atoms with E-state index in [0.29, 0.717) is 35.9 Å². The Morgan fingerprint density at radius 2 is 1.91 bits per heavy atom. The molecule has 2 amide bonds. The van der Waals surface area contributed by atoms with Crippen molar-refractivity contribution in [1.29, 1.82) is 0 Å². The second kappa shape index (κ2) is 12.0. The summed E-state index contributed by atoms with van der Waals surface area (Å²) >= 11 is 1.52. The third kappa shape index (κ3) is 7.01. The van der Waals surface area contributed by atoms with Gasteiger partial charge in [0.05, 0.1) is 24.1 Å². The standard InChI is InChI=1S/C24H27N3O5S/c1-4-25-23(28)14-31-20-10-9-17(12-21(20)30-3)13-26-24(29)19-7-5-6-8-22(19)33-15-18-11-16(2)27-32-18/h5-12H,4,13-15H2,1-3H3,(H,25,28)(H,26,29). The summed E-state index contributed by atoms with van der Waals surface area (Å²) in [6.07, 6.45) is 0. The molecule has 3 rings (SSSR count). The lowest BCUT2D eigenvalue weighted by Crippen LogP contribution is -2.28. The first-order chi connectivity index (χ1) is 16.0. The zero-order valence-electron chi connectivity index (χ0n) is 18.8. The number of nitrogens with one attached hydrogen (secondary N) is 2. The van der Waals surface area contributed by atoms with Crippen LogP contribution in [0.15, 0.2) is 57.9 Å². The highest BCUT2D eigenvalue weighted by atomic mass is 32.2. The van der Waals surface area contributed by atoms with Crippen molar-refractivity contribution in [3.63, 3.8) is 0 Å². The molecule has 0 aliphatic carbocycles. The number of nitrogens with zero attached hydrogens (tertiary/aromatic N) is 1. The van der Waals surface area contributed by atoms with E-state index in [2.05, 4.69) is 15.8 Å². The Bertz CT molecular complexity index is 1100. The van der Waals surface area contributed by atoms with Gasteiger partial charge in [-0.25, -0.2) is 0 Å². The summed E-state index contributed by atoms with van der Waals surface area (Å²) in [7, 11) is 1.53. The molecule has 0 atom stereocenters. The molecule has 8 nitrogen and oxygen atoms in total. The van der Waals surface area contributed by atoms with Crippen molar-refractivity contribution in [2.75, 3.05) is 20.3 Å². The average molecular weight is 470 g/mol. The summed E-state index contributed by atoms with van der Waals surface area (Å²) in [5.41, 5.74) is 2.26. The molecule has 0 unspecified atom stereocenters. The lowest BCUT2D eigenvalue weighted by molar-refractivity contribution is -0.123. The molecule has 0 saturated heterocycles. The summed E-state index contributed by atoms with van der Waals surface area (Å²) in [6.45, 7) is 4.47. The molecule has 0 spiro atoms. The van der Waals surface area contributed by atoms with Crippen LogP contribution in [0.2, 0.25) is 0 Å². The third-order valence-corrected chi connectivity index (χ3v) is 5.69. The highest BCUT2D eigenvalue weighted by Gasteiger charge is 2.14. The zero-order valence-corrected chi connectivity index (χ0v) is 19.7. The van der Waals surface area contributed by atoms with E-state index >= 15 is 0 Å². The molecule has 2 aromatic carbocycles. The van der Waals surface area contributed by atoms with Crippen molar-refractivity contribution < 1.29 is 23.6 Å².